The van der Waals surface area contributed by atoms with Crippen LogP contribution in [-0.4, -0.2) is 36.1 Å². The second kappa shape index (κ2) is 8.48. The molecule has 2 aromatic rings. The van der Waals surface area contributed by atoms with Gasteiger partial charge in [0.15, 0.2) is 0 Å². The first-order chi connectivity index (χ1) is 16.9. The molecule has 1 atom stereocenters. The van der Waals surface area contributed by atoms with Gasteiger partial charge in [-0.2, -0.15) is 0 Å². The van der Waals surface area contributed by atoms with Crippen molar-refractivity contribution in [3.63, 3.8) is 0 Å². The van der Waals surface area contributed by atoms with Gasteiger partial charge in [-0.3, -0.25) is 9.59 Å². The molecule has 0 aromatic heterocycles. The van der Waals surface area contributed by atoms with E-state index in [1.807, 2.05) is 6.92 Å². The number of nitrogens with zero attached hydrogens (tertiary/aromatic N) is 1. The Balaban J connectivity index is 1.05. The molecule has 0 radical (unpaired) electrons. The number of hydrogen-bond donors (Lipinski definition) is 2. The number of ether oxygens (including phenoxy) is 1. The number of hydrogen-bond acceptors (Lipinski definition) is 4. The van der Waals surface area contributed by atoms with Crippen molar-refractivity contribution in [3.05, 3.63) is 59.7 Å². The van der Waals surface area contributed by atoms with Gasteiger partial charge in [0.25, 0.3) is 11.8 Å². The van der Waals surface area contributed by atoms with Crippen LogP contribution >= 0.6 is 0 Å². The molecule has 5 aliphatic rings. The number of carbonyl (C=O) groups is 3. The molecule has 7 rings (SSSR count). The Morgan fingerprint density at radius 1 is 0.971 bits per heavy atom. The summed E-state index contributed by atoms with van der Waals surface area (Å²) in [6, 6.07) is 13.2. The van der Waals surface area contributed by atoms with Gasteiger partial charge in [-0.1, -0.05) is 18.2 Å². The molecule has 7 heteroatoms. The van der Waals surface area contributed by atoms with Crippen LogP contribution in [0.25, 0.3) is 0 Å². The Morgan fingerprint density at radius 2 is 1.57 bits per heavy atom. The molecule has 0 saturated heterocycles. The summed E-state index contributed by atoms with van der Waals surface area (Å²) in [6.45, 7) is 2.45. The molecule has 35 heavy (non-hydrogen) atoms. The van der Waals surface area contributed by atoms with Crippen LogP contribution in [0.15, 0.2) is 48.5 Å². The molecular formula is C28H31N3O4. The number of fused-ring (bicyclic) bond motifs is 1. The Kier molecular flexibility index (Phi) is 5.40. The lowest BCUT2D eigenvalue weighted by molar-refractivity contribution is -0.182. The van der Waals surface area contributed by atoms with Crippen LogP contribution in [0.5, 0.6) is 0 Å². The third-order valence-electron chi connectivity index (χ3n) is 8.14. The lowest BCUT2D eigenvalue weighted by Crippen LogP contribution is -2.54. The van der Waals surface area contributed by atoms with Crippen LogP contribution in [0.2, 0.25) is 0 Å². The molecule has 4 aliphatic carbocycles. The standard InChI is InChI=1S/C28H31N3O4/c1-17(35-28-13-18-9-19(14-28)11-20(10-18)15-28)16-29-27(34)30-21-5-4-6-22(12-21)31-25(32)23-7-2-3-8-24(23)26(31)33/h2-8,12,17-20H,9-11,13-16H2,1H3,(H2,29,30,34). The molecule has 2 N–H and O–H groups in total. The van der Waals surface area contributed by atoms with Crippen LogP contribution in [0, 0.1) is 17.8 Å². The normalized spacial score (nSPS) is 29.3. The largest absolute Gasteiger partial charge is 0.370 e. The summed E-state index contributed by atoms with van der Waals surface area (Å²) in [5, 5.41) is 5.73. The molecule has 1 heterocycles. The van der Waals surface area contributed by atoms with Crippen molar-refractivity contribution in [1.82, 2.24) is 5.32 Å². The maximum absolute atomic E-state index is 12.8. The molecule has 0 spiro atoms. The number of benzene rings is 2. The quantitative estimate of drug-likeness (QED) is 0.579. The van der Waals surface area contributed by atoms with Gasteiger partial charge in [0.05, 0.1) is 28.5 Å². The van der Waals surface area contributed by atoms with E-state index in [1.54, 1.807) is 48.5 Å². The lowest BCUT2D eigenvalue weighted by atomic mass is 9.54. The second-order valence-electron chi connectivity index (χ2n) is 10.9. The minimum Gasteiger partial charge on any atom is -0.370 e. The monoisotopic (exact) mass is 473 g/mol. The van der Waals surface area contributed by atoms with Crippen molar-refractivity contribution < 1.29 is 19.1 Å². The summed E-state index contributed by atoms with van der Waals surface area (Å²) < 4.78 is 6.57. The highest BCUT2D eigenvalue weighted by atomic mass is 16.5. The predicted octanol–water partition coefficient (Wildman–Crippen LogP) is 4.98. The van der Waals surface area contributed by atoms with E-state index in [4.69, 9.17) is 4.74 Å². The van der Waals surface area contributed by atoms with Crippen molar-refractivity contribution in [1.29, 1.82) is 0 Å². The number of nitrogens with one attached hydrogen (secondary N) is 2. The fourth-order valence-electron chi connectivity index (χ4n) is 7.20. The van der Waals surface area contributed by atoms with Crippen molar-refractivity contribution in [2.75, 3.05) is 16.8 Å². The average molecular weight is 474 g/mol. The van der Waals surface area contributed by atoms with Crippen LogP contribution in [0.4, 0.5) is 16.2 Å². The van der Waals surface area contributed by atoms with E-state index in [0.29, 0.717) is 29.0 Å². The molecule has 1 aliphatic heterocycles. The van der Waals surface area contributed by atoms with Gasteiger partial charge in [-0.05, 0) is 93.5 Å². The van der Waals surface area contributed by atoms with Crippen LogP contribution in [0.1, 0.15) is 66.2 Å². The van der Waals surface area contributed by atoms with E-state index >= 15 is 0 Å². The third-order valence-corrected chi connectivity index (χ3v) is 8.14. The molecule has 2 aromatic carbocycles. The fourth-order valence-corrected chi connectivity index (χ4v) is 7.20. The first-order valence-electron chi connectivity index (χ1n) is 12.7. The summed E-state index contributed by atoms with van der Waals surface area (Å²) in [5.74, 6) is 1.74. The lowest BCUT2D eigenvalue weighted by Gasteiger charge is -2.57. The van der Waals surface area contributed by atoms with Crippen molar-refractivity contribution >= 4 is 29.2 Å². The van der Waals surface area contributed by atoms with Crippen LogP contribution in [0.3, 0.4) is 0 Å². The van der Waals surface area contributed by atoms with Gasteiger partial charge in [-0.15, -0.1) is 0 Å². The van der Waals surface area contributed by atoms with E-state index in [2.05, 4.69) is 10.6 Å². The maximum atomic E-state index is 12.8. The Labute approximate surface area is 205 Å². The van der Waals surface area contributed by atoms with E-state index in [9.17, 15) is 14.4 Å². The van der Waals surface area contributed by atoms with E-state index in [-0.39, 0.29) is 29.6 Å². The fraction of sp³-hybridized carbons (Fsp3) is 0.464. The van der Waals surface area contributed by atoms with Gasteiger partial charge >= 0.3 is 6.03 Å². The van der Waals surface area contributed by atoms with Gasteiger partial charge < -0.3 is 15.4 Å². The Morgan fingerprint density at radius 3 is 2.17 bits per heavy atom. The highest BCUT2D eigenvalue weighted by Crippen LogP contribution is 2.57. The highest BCUT2D eigenvalue weighted by Gasteiger charge is 2.52. The molecule has 4 fully saturated rings. The zero-order valence-electron chi connectivity index (χ0n) is 20.0. The SMILES string of the molecule is CC(CNC(=O)Nc1cccc(N2C(=O)c3ccccc3C2=O)c1)OC12CC3CC(CC(C3)C1)C2. The molecule has 4 bridgehead atoms. The summed E-state index contributed by atoms with van der Waals surface area (Å²) in [6.07, 6.45) is 7.55. The third kappa shape index (κ3) is 4.12. The van der Waals surface area contributed by atoms with Gasteiger partial charge in [0, 0.05) is 12.2 Å². The number of carbonyl (C=O) groups excluding carboxylic acids is 3. The zero-order valence-corrected chi connectivity index (χ0v) is 20.0. The van der Waals surface area contributed by atoms with Crippen LogP contribution < -0.4 is 15.5 Å². The molecule has 7 nitrogen and oxygen atoms in total. The minimum atomic E-state index is -0.358. The Hall–Kier alpha value is -3.19. The van der Waals surface area contributed by atoms with E-state index < -0.39 is 0 Å². The maximum Gasteiger partial charge on any atom is 0.319 e. The number of anilines is 2. The van der Waals surface area contributed by atoms with Crippen molar-refractivity contribution in [2.24, 2.45) is 17.8 Å². The molecule has 182 valence electrons. The molecule has 4 amide bonds. The summed E-state index contributed by atoms with van der Waals surface area (Å²) >= 11 is 0. The van der Waals surface area contributed by atoms with E-state index in [1.165, 1.54) is 38.5 Å². The first-order valence-corrected chi connectivity index (χ1v) is 12.7. The molecule has 1 unspecified atom stereocenters. The zero-order chi connectivity index (χ0) is 24.2. The molecule has 4 saturated carbocycles. The predicted molar refractivity (Wildman–Crippen MR) is 132 cm³/mol. The van der Waals surface area contributed by atoms with Crippen LogP contribution in [-0.2, 0) is 4.74 Å². The smallest absolute Gasteiger partial charge is 0.319 e. The topological polar surface area (TPSA) is 87.7 Å². The number of amides is 4. The first kappa shape index (κ1) is 22.3. The average Bonchev–Trinajstić information content (AvgIpc) is 3.07. The summed E-state index contributed by atoms with van der Waals surface area (Å²) in [4.78, 5) is 39.3. The Bertz CT molecular complexity index is 1120. The number of imide groups is 1. The highest BCUT2D eigenvalue weighted by molar-refractivity contribution is 6.34. The van der Waals surface area contributed by atoms with Gasteiger partial charge in [0.2, 0.25) is 0 Å². The number of urea groups is 1. The minimum absolute atomic E-state index is 0.00698. The second-order valence-corrected chi connectivity index (χ2v) is 10.9. The summed E-state index contributed by atoms with van der Waals surface area (Å²) in [5.41, 5.74) is 1.72. The van der Waals surface area contributed by atoms with Gasteiger partial charge in [-0.25, -0.2) is 9.69 Å². The van der Waals surface area contributed by atoms with Crippen molar-refractivity contribution in [3.8, 4) is 0 Å². The molecular weight excluding hydrogens is 442 g/mol. The van der Waals surface area contributed by atoms with Gasteiger partial charge in [0.1, 0.15) is 0 Å². The van der Waals surface area contributed by atoms with E-state index in [0.717, 1.165) is 22.7 Å². The number of rotatable bonds is 6. The van der Waals surface area contributed by atoms with Crippen molar-refractivity contribution in [2.45, 2.75) is 57.2 Å². The summed E-state index contributed by atoms with van der Waals surface area (Å²) in [7, 11) is 0.